The Morgan fingerprint density at radius 2 is 2.07 bits per heavy atom. The summed E-state index contributed by atoms with van der Waals surface area (Å²) in [6, 6.07) is 0. The van der Waals surface area contributed by atoms with Crippen molar-refractivity contribution in [3.63, 3.8) is 0 Å². The molecule has 2 fully saturated rings. The number of carbonyl (C=O) groups is 1. The third kappa shape index (κ3) is 1.84. The topological polar surface area (TPSA) is 26.3 Å². The van der Waals surface area contributed by atoms with Crippen molar-refractivity contribution in [3.05, 3.63) is 0 Å². The number of hydrogen-bond donors (Lipinski definition) is 0. The summed E-state index contributed by atoms with van der Waals surface area (Å²) in [5.41, 5.74) is -0.0539. The van der Waals surface area contributed by atoms with Gasteiger partial charge >= 0.3 is 0 Å². The van der Waals surface area contributed by atoms with E-state index >= 15 is 0 Å². The molecule has 1 spiro atoms. The number of hydrogen-bond acceptors (Lipinski definition) is 2. The van der Waals surface area contributed by atoms with E-state index in [2.05, 4.69) is 13.8 Å². The summed E-state index contributed by atoms with van der Waals surface area (Å²) in [5, 5.41) is 0. The fraction of sp³-hybridized carbons (Fsp3) is 0.923. The molecule has 2 rings (SSSR count). The summed E-state index contributed by atoms with van der Waals surface area (Å²) < 4.78 is 5.98. The molecule has 2 unspecified atom stereocenters. The van der Waals surface area contributed by atoms with Crippen LogP contribution >= 0.6 is 0 Å². The minimum absolute atomic E-state index is 0.0539. The Morgan fingerprint density at radius 1 is 1.40 bits per heavy atom. The van der Waals surface area contributed by atoms with Gasteiger partial charge in [0.05, 0.1) is 17.6 Å². The van der Waals surface area contributed by atoms with E-state index in [9.17, 15) is 4.79 Å². The van der Waals surface area contributed by atoms with Crippen molar-refractivity contribution >= 4 is 5.78 Å². The molecule has 15 heavy (non-hydrogen) atoms. The van der Waals surface area contributed by atoms with Crippen LogP contribution in [0.2, 0.25) is 0 Å². The van der Waals surface area contributed by atoms with Gasteiger partial charge in [0.15, 0.2) is 0 Å². The fourth-order valence-electron chi connectivity index (χ4n) is 2.95. The van der Waals surface area contributed by atoms with Crippen LogP contribution in [0.4, 0.5) is 0 Å². The lowest BCUT2D eigenvalue weighted by Crippen LogP contribution is -2.56. The Bertz CT molecular complexity index is 241. The summed E-state index contributed by atoms with van der Waals surface area (Å²) in [6.45, 7) is 4.25. The average molecular weight is 210 g/mol. The molecule has 0 bridgehead atoms. The Morgan fingerprint density at radius 3 is 2.60 bits per heavy atom. The van der Waals surface area contributed by atoms with Crippen LogP contribution < -0.4 is 0 Å². The first kappa shape index (κ1) is 11.1. The molecule has 2 saturated carbocycles. The highest BCUT2D eigenvalue weighted by atomic mass is 16.5. The third-order valence-corrected chi connectivity index (χ3v) is 4.26. The molecular weight excluding hydrogens is 188 g/mol. The normalized spacial score (nSPS) is 31.3. The Labute approximate surface area is 92.4 Å². The van der Waals surface area contributed by atoms with Crippen LogP contribution in [0, 0.1) is 5.41 Å². The largest absolute Gasteiger partial charge is 0.374 e. The molecule has 0 aliphatic heterocycles. The zero-order valence-electron chi connectivity index (χ0n) is 9.92. The Balaban J connectivity index is 1.98. The first-order valence-electron chi connectivity index (χ1n) is 6.38. The van der Waals surface area contributed by atoms with Gasteiger partial charge in [-0.2, -0.15) is 0 Å². The van der Waals surface area contributed by atoms with Gasteiger partial charge in [0, 0.05) is 6.42 Å². The summed E-state index contributed by atoms with van der Waals surface area (Å²) in [4.78, 5) is 11.8. The molecule has 0 aromatic rings. The van der Waals surface area contributed by atoms with E-state index < -0.39 is 0 Å². The van der Waals surface area contributed by atoms with Crippen molar-refractivity contribution < 1.29 is 9.53 Å². The van der Waals surface area contributed by atoms with Crippen LogP contribution in [0.25, 0.3) is 0 Å². The number of rotatable bonds is 3. The maximum atomic E-state index is 11.8. The van der Waals surface area contributed by atoms with Crippen LogP contribution in [0.3, 0.4) is 0 Å². The van der Waals surface area contributed by atoms with Crippen LogP contribution in [-0.4, -0.2) is 18.0 Å². The van der Waals surface area contributed by atoms with E-state index in [1.54, 1.807) is 0 Å². The van der Waals surface area contributed by atoms with Gasteiger partial charge in [0.1, 0.15) is 5.78 Å². The quantitative estimate of drug-likeness (QED) is 0.715. The zero-order chi connectivity index (χ0) is 10.9. The second kappa shape index (κ2) is 4.25. The molecular formula is C13H22O2. The molecule has 0 heterocycles. The molecule has 0 saturated heterocycles. The molecule has 2 nitrogen and oxygen atoms in total. The molecule has 2 atom stereocenters. The average Bonchev–Trinajstić information content (AvgIpc) is 2.29. The van der Waals surface area contributed by atoms with Gasteiger partial charge in [0.25, 0.3) is 0 Å². The van der Waals surface area contributed by atoms with Gasteiger partial charge in [-0.1, -0.05) is 26.2 Å². The zero-order valence-corrected chi connectivity index (χ0v) is 9.92. The van der Waals surface area contributed by atoms with E-state index in [0.717, 1.165) is 19.3 Å². The van der Waals surface area contributed by atoms with Crippen molar-refractivity contribution in [2.45, 2.75) is 71.0 Å². The van der Waals surface area contributed by atoms with Gasteiger partial charge in [0.2, 0.25) is 0 Å². The van der Waals surface area contributed by atoms with Crippen LogP contribution in [-0.2, 0) is 9.53 Å². The van der Waals surface area contributed by atoms with Crippen LogP contribution in [0.1, 0.15) is 58.8 Å². The van der Waals surface area contributed by atoms with Crippen molar-refractivity contribution in [3.8, 4) is 0 Å². The van der Waals surface area contributed by atoms with Crippen molar-refractivity contribution in [2.24, 2.45) is 5.41 Å². The highest BCUT2D eigenvalue weighted by molar-refractivity contribution is 5.92. The number of carbonyl (C=O) groups excluding carboxylic acids is 1. The van der Waals surface area contributed by atoms with Gasteiger partial charge < -0.3 is 4.74 Å². The first-order valence-corrected chi connectivity index (χ1v) is 6.38. The molecule has 86 valence electrons. The monoisotopic (exact) mass is 210 g/mol. The fourth-order valence-corrected chi connectivity index (χ4v) is 2.95. The lowest BCUT2D eigenvalue weighted by Gasteiger charge is -2.50. The van der Waals surface area contributed by atoms with E-state index in [-0.39, 0.29) is 11.5 Å². The molecule has 0 N–H and O–H groups in total. The van der Waals surface area contributed by atoms with Crippen molar-refractivity contribution in [2.75, 3.05) is 0 Å². The molecule has 2 aliphatic rings. The van der Waals surface area contributed by atoms with Crippen LogP contribution in [0.15, 0.2) is 0 Å². The molecule has 0 aromatic carbocycles. The van der Waals surface area contributed by atoms with Crippen molar-refractivity contribution in [1.82, 2.24) is 0 Å². The highest BCUT2D eigenvalue weighted by Gasteiger charge is 2.55. The molecule has 2 heteroatoms. The van der Waals surface area contributed by atoms with Gasteiger partial charge in [-0.05, 0) is 26.2 Å². The second-order valence-electron chi connectivity index (χ2n) is 5.19. The molecule has 0 radical (unpaired) electrons. The van der Waals surface area contributed by atoms with Gasteiger partial charge in [-0.15, -0.1) is 0 Å². The Kier molecular flexibility index (Phi) is 3.15. The molecule has 0 aromatic heterocycles. The van der Waals surface area contributed by atoms with E-state index in [0.29, 0.717) is 18.3 Å². The lowest BCUT2D eigenvalue weighted by molar-refractivity contribution is -0.176. The van der Waals surface area contributed by atoms with E-state index in [1.165, 1.54) is 19.3 Å². The standard InChI is InChI=1S/C13H22O2/c1-3-10(2)15-12-9-11(14)13(12)7-5-4-6-8-13/h10,12H,3-9H2,1-2H3. The second-order valence-corrected chi connectivity index (χ2v) is 5.19. The van der Waals surface area contributed by atoms with E-state index in [1.807, 2.05) is 0 Å². The minimum Gasteiger partial charge on any atom is -0.374 e. The molecule has 2 aliphatic carbocycles. The predicted octanol–water partition coefficient (Wildman–Crippen LogP) is 3.09. The SMILES string of the molecule is CCC(C)OC1CC(=O)C12CCCCC2. The summed E-state index contributed by atoms with van der Waals surface area (Å²) in [5.74, 6) is 0.468. The lowest BCUT2D eigenvalue weighted by atomic mass is 9.57. The smallest absolute Gasteiger partial charge is 0.144 e. The van der Waals surface area contributed by atoms with Gasteiger partial charge in [-0.3, -0.25) is 4.79 Å². The third-order valence-electron chi connectivity index (χ3n) is 4.26. The molecule has 0 amide bonds. The maximum Gasteiger partial charge on any atom is 0.144 e. The summed E-state index contributed by atoms with van der Waals surface area (Å²) >= 11 is 0. The number of Topliss-reactive ketones (excluding diaryl/α,β-unsaturated/α-hetero) is 1. The summed E-state index contributed by atoms with van der Waals surface area (Å²) in [7, 11) is 0. The summed E-state index contributed by atoms with van der Waals surface area (Å²) in [6.07, 6.45) is 8.14. The maximum absolute atomic E-state index is 11.8. The predicted molar refractivity (Wildman–Crippen MR) is 59.8 cm³/mol. The number of ketones is 1. The highest BCUT2D eigenvalue weighted by Crippen LogP contribution is 2.50. The van der Waals surface area contributed by atoms with E-state index in [4.69, 9.17) is 4.74 Å². The van der Waals surface area contributed by atoms with Gasteiger partial charge in [-0.25, -0.2) is 0 Å². The Hall–Kier alpha value is -0.370. The van der Waals surface area contributed by atoms with Crippen molar-refractivity contribution in [1.29, 1.82) is 0 Å². The first-order chi connectivity index (χ1) is 7.19. The number of ether oxygens (including phenoxy) is 1. The minimum atomic E-state index is -0.0539. The van der Waals surface area contributed by atoms with Crippen LogP contribution in [0.5, 0.6) is 0 Å².